The zero-order valence-electron chi connectivity index (χ0n) is 19.6. The molecule has 27 heavy (non-hydrogen) atoms. The van der Waals surface area contributed by atoms with Crippen molar-refractivity contribution in [3.05, 3.63) is 0 Å². The summed E-state index contributed by atoms with van der Waals surface area (Å²) in [4.78, 5) is 0. The van der Waals surface area contributed by atoms with Gasteiger partial charge in [-0.15, -0.1) is 0 Å². The van der Waals surface area contributed by atoms with Gasteiger partial charge in [-0.2, -0.15) is 0 Å². The minimum Gasteiger partial charge on any atom is -0.353 e. The first-order chi connectivity index (χ1) is 13.0. The number of ether oxygens (including phenoxy) is 2. The fraction of sp³-hybridized carbons (Fsp3) is 1.00. The van der Waals surface area contributed by atoms with Gasteiger partial charge in [0.25, 0.3) is 0 Å². The summed E-state index contributed by atoms with van der Waals surface area (Å²) in [6, 6.07) is 0. The van der Waals surface area contributed by atoms with Crippen molar-refractivity contribution in [1.82, 2.24) is 0 Å². The van der Waals surface area contributed by atoms with E-state index in [9.17, 15) is 0 Å². The van der Waals surface area contributed by atoms with Crippen LogP contribution in [0.5, 0.6) is 0 Å². The Hall–Kier alpha value is -0.0800. The first kappa shape index (κ1) is 26.9. The first-order valence-electron chi connectivity index (χ1n) is 12.2. The van der Waals surface area contributed by atoms with E-state index in [1.54, 1.807) is 0 Å². The summed E-state index contributed by atoms with van der Waals surface area (Å²) in [5, 5.41) is 0. The third-order valence-corrected chi connectivity index (χ3v) is 5.23. The lowest BCUT2D eigenvalue weighted by Crippen LogP contribution is -2.21. The Labute approximate surface area is 172 Å². The Morgan fingerprint density at radius 2 is 0.926 bits per heavy atom. The SMILES string of the molecule is CCCCCCCCCCOC(CCC(C)(C)C)OCCCCCCCC. The lowest BCUT2D eigenvalue weighted by Gasteiger charge is -2.24. The fourth-order valence-electron chi connectivity index (χ4n) is 3.31. The van der Waals surface area contributed by atoms with E-state index in [2.05, 4.69) is 34.6 Å². The maximum atomic E-state index is 6.11. The molecule has 0 aromatic heterocycles. The van der Waals surface area contributed by atoms with Gasteiger partial charge in [-0.25, -0.2) is 0 Å². The Bertz CT molecular complexity index is 283. The minimum absolute atomic E-state index is 0.00409. The number of rotatable bonds is 20. The van der Waals surface area contributed by atoms with Crippen molar-refractivity contribution >= 4 is 0 Å². The Balaban J connectivity index is 3.79. The molecule has 164 valence electrons. The highest BCUT2D eigenvalue weighted by Gasteiger charge is 2.16. The number of hydrogen-bond donors (Lipinski definition) is 0. The molecule has 2 nitrogen and oxygen atoms in total. The third kappa shape index (κ3) is 22.1. The van der Waals surface area contributed by atoms with Crippen molar-refractivity contribution < 1.29 is 9.47 Å². The summed E-state index contributed by atoms with van der Waals surface area (Å²) >= 11 is 0. The zero-order valence-corrected chi connectivity index (χ0v) is 19.6. The van der Waals surface area contributed by atoms with Crippen molar-refractivity contribution in [3.63, 3.8) is 0 Å². The van der Waals surface area contributed by atoms with Gasteiger partial charge in [0.2, 0.25) is 0 Å². The maximum Gasteiger partial charge on any atom is 0.157 e. The van der Waals surface area contributed by atoms with E-state index in [4.69, 9.17) is 9.47 Å². The molecule has 0 radical (unpaired) electrons. The standard InChI is InChI=1S/C25H52O2/c1-6-8-10-12-14-15-17-19-23-27-24(20-21-25(3,4)5)26-22-18-16-13-11-9-7-2/h24H,6-23H2,1-5H3. The highest BCUT2D eigenvalue weighted by molar-refractivity contribution is 4.63. The third-order valence-electron chi connectivity index (χ3n) is 5.23. The predicted molar refractivity (Wildman–Crippen MR) is 120 cm³/mol. The van der Waals surface area contributed by atoms with Crippen LogP contribution in [0.2, 0.25) is 0 Å². The van der Waals surface area contributed by atoms with Crippen LogP contribution in [-0.4, -0.2) is 19.5 Å². The molecule has 0 bridgehead atoms. The van der Waals surface area contributed by atoms with Crippen LogP contribution in [0.15, 0.2) is 0 Å². The van der Waals surface area contributed by atoms with Gasteiger partial charge >= 0.3 is 0 Å². The lowest BCUT2D eigenvalue weighted by molar-refractivity contribution is -0.150. The van der Waals surface area contributed by atoms with Crippen LogP contribution in [0, 0.1) is 5.41 Å². The van der Waals surface area contributed by atoms with Crippen LogP contribution in [0.25, 0.3) is 0 Å². The van der Waals surface area contributed by atoms with Gasteiger partial charge in [-0.1, -0.05) is 112 Å². The van der Waals surface area contributed by atoms with E-state index in [1.165, 1.54) is 89.9 Å². The molecule has 0 aliphatic carbocycles. The summed E-state index contributed by atoms with van der Waals surface area (Å²) in [5.41, 5.74) is 0.351. The molecular formula is C25H52O2. The Kier molecular flexibility index (Phi) is 19.2. The number of unbranched alkanes of at least 4 members (excludes halogenated alkanes) is 12. The van der Waals surface area contributed by atoms with Gasteiger partial charge in [0.15, 0.2) is 6.29 Å². The van der Waals surface area contributed by atoms with Crippen LogP contribution < -0.4 is 0 Å². The second kappa shape index (κ2) is 19.2. The summed E-state index contributed by atoms with van der Waals surface area (Å²) in [6.07, 6.45) is 20.9. The van der Waals surface area contributed by atoms with Crippen molar-refractivity contribution in [2.75, 3.05) is 13.2 Å². The van der Waals surface area contributed by atoms with E-state index in [1.807, 2.05) is 0 Å². The molecule has 1 unspecified atom stereocenters. The van der Waals surface area contributed by atoms with E-state index in [-0.39, 0.29) is 6.29 Å². The molecule has 0 aliphatic heterocycles. The molecule has 0 N–H and O–H groups in total. The van der Waals surface area contributed by atoms with Crippen molar-refractivity contribution in [3.8, 4) is 0 Å². The molecule has 0 saturated carbocycles. The molecule has 1 atom stereocenters. The largest absolute Gasteiger partial charge is 0.353 e. The Morgan fingerprint density at radius 3 is 1.30 bits per heavy atom. The molecular weight excluding hydrogens is 332 g/mol. The minimum atomic E-state index is 0.00409. The highest BCUT2D eigenvalue weighted by atomic mass is 16.7. The van der Waals surface area contributed by atoms with Gasteiger partial charge in [-0.3, -0.25) is 0 Å². The number of hydrogen-bond acceptors (Lipinski definition) is 2. The van der Waals surface area contributed by atoms with E-state index in [0.29, 0.717) is 5.41 Å². The molecule has 0 saturated heterocycles. The average Bonchev–Trinajstić information content (AvgIpc) is 2.62. The molecule has 0 spiro atoms. The Morgan fingerprint density at radius 1 is 0.556 bits per heavy atom. The maximum absolute atomic E-state index is 6.11. The van der Waals surface area contributed by atoms with Gasteiger partial charge in [0.05, 0.1) is 0 Å². The van der Waals surface area contributed by atoms with Crippen LogP contribution in [-0.2, 0) is 9.47 Å². The van der Waals surface area contributed by atoms with Crippen molar-refractivity contribution in [1.29, 1.82) is 0 Å². The summed E-state index contributed by atoms with van der Waals surface area (Å²) in [7, 11) is 0. The smallest absolute Gasteiger partial charge is 0.157 e. The molecule has 0 aliphatic rings. The van der Waals surface area contributed by atoms with Gasteiger partial charge in [0.1, 0.15) is 0 Å². The van der Waals surface area contributed by atoms with E-state index in [0.717, 1.165) is 26.1 Å². The second-order valence-corrected chi connectivity index (χ2v) is 9.51. The molecule has 0 aromatic rings. The molecule has 0 amide bonds. The van der Waals surface area contributed by atoms with Crippen molar-refractivity contribution in [2.45, 2.75) is 144 Å². The average molecular weight is 385 g/mol. The summed E-state index contributed by atoms with van der Waals surface area (Å²) in [6.45, 7) is 13.2. The van der Waals surface area contributed by atoms with Gasteiger partial charge < -0.3 is 9.47 Å². The van der Waals surface area contributed by atoms with E-state index >= 15 is 0 Å². The highest BCUT2D eigenvalue weighted by Crippen LogP contribution is 2.23. The topological polar surface area (TPSA) is 18.5 Å². The van der Waals surface area contributed by atoms with Crippen LogP contribution >= 0.6 is 0 Å². The molecule has 0 rings (SSSR count). The van der Waals surface area contributed by atoms with Crippen molar-refractivity contribution in [2.24, 2.45) is 5.41 Å². The lowest BCUT2D eigenvalue weighted by atomic mass is 9.90. The molecule has 0 fully saturated rings. The predicted octanol–water partition coefficient (Wildman–Crippen LogP) is 8.67. The van der Waals surface area contributed by atoms with Gasteiger partial charge in [-0.05, 0) is 31.1 Å². The zero-order chi connectivity index (χ0) is 20.2. The van der Waals surface area contributed by atoms with E-state index < -0.39 is 0 Å². The van der Waals surface area contributed by atoms with Crippen LogP contribution in [0.4, 0.5) is 0 Å². The fourth-order valence-corrected chi connectivity index (χ4v) is 3.31. The normalized spacial score (nSPS) is 13.2. The second-order valence-electron chi connectivity index (χ2n) is 9.51. The monoisotopic (exact) mass is 384 g/mol. The van der Waals surface area contributed by atoms with Crippen LogP contribution in [0.3, 0.4) is 0 Å². The van der Waals surface area contributed by atoms with Gasteiger partial charge in [0, 0.05) is 13.2 Å². The first-order valence-corrected chi connectivity index (χ1v) is 12.2. The summed E-state index contributed by atoms with van der Waals surface area (Å²) in [5.74, 6) is 0. The molecule has 0 aromatic carbocycles. The summed E-state index contributed by atoms with van der Waals surface area (Å²) < 4.78 is 12.2. The molecule has 0 heterocycles. The van der Waals surface area contributed by atoms with Crippen LogP contribution in [0.1, 0.15) is 137 Å². The molecule has 2 heteroatoms. The quantitative estimate of drug-likeness (QED) is 0.154.